The van der Waals surface area contributed by atoms with Gasteiger partial charge >= 0.3 is 0 Å². The van der Waals surface area contributed by atoms with Crippen LogP contribution in [0, 0.1) is 0 Å². The molecule has 1 saturated heterocycles. The standard InChI is InChI=1S/C23H26N6O.C2H6/c1-4-17(15(2)3)20-7-8-21-26-19-6-5-18(27-22(19)29(20)21)16-13-24-23(25-14-16)28-9-11-30-12-10-28;1-2/h4-6,13-14,20H,2,7-12H2,1,3H3;1-2H3/b17-4+;. The van der Waals surface area contributed by atoms with Gasteiger partial charge in [0.25, 0.3) is 0 Å². The molecule has 2 aliphatic rings. The van der Waals surface area contributed by atoms with E-state index >= 15 is 0 Å². The number of rotatable bonds is 4. The number of aromatic nitrogens is 5. The van der Waals surface area contributed by atoms with Crippen LogP contribution in [0.2, 0.25) is 0 Å². The minimum absolute atomic E-state index is 0.246. The highest BCUT2D eigenvalue weighted by molar-refractivity contribution is 5.76. The van der Waals surface area contributed by atoms with Gasteiger partial charge in [-0.2, -0.15) is 0 Å². The highest BCUT2D eigenvalue weighted by Gasteiger charge is 2.29. The molecular weight excluding hydrogens is 400 g/mol. The van der Waals surface area contributed by atoms with Crippen molar-refractivity contribution in [1.82, 2.24) is 24.5 Å². The number of nitrogens with zero attached hydrogens (tertiary/aromatic N) is 6. The number of ether oxygens (including phenoxy) is 1. The fourth-order valence-electron chi connectivity index (χ4n) is 4.48. The van der Waals surface area contributed by atoms with Crippen LogP contribution in [0.25, 0.3) is 22.4 Å². The van der Waals surface area contributed by atoms with E-state index in [0.29, 0.717) is 0 Å². The van der Waals surface area contributed by atoms with Gasteiger partial charge in [-0.1, -0.05) is 32.1 Å². The summed E-state index contributed by atoms with van der Waals surface area (Å²) in [5.74, 6) is 1.84. The molecule has 168 valence electrons. The normalized spacial score (nSPS) is 18.3. The Morgan fingerprint density at radius 3 is 2.50 bits per heavy atom. The molecule has 0 amide bonds. The van der Waals surface area contributed by atoms with Gasteiger partial charge < -0.3 is 14.2 Å². The van der Waals surface area contributed by atoms with Crippen LogP contribution in [-0.4, -0.2) is 50.8 Å². The zero-order valence-corrected chi connectivity index (χ0v) is 19.5. The Labute approximate surface area is 189 Å². The fourth-order valence-corrected chi connectivity index (χ4v) is 4.48. The second-order valence-corrected chi connectivity index (χ2v) is 7.89. The van der Waals surface area contributed by atoms with Crippen LogP contribution in [0.15, 0.2) is 48.3 Å². The number of fused-ring (bicyclic) bond motifs is 3. The molecule has 32 heavy (non-hydrogen) atoms. The van der Waals surface area contributed by atoms with Gasteiger partial charge in [0, 0.05) is 37.5 Å². The molecule has 7 heteroatoms. The zero-order chi connectivity index (χ0) is 22.7. The molecule has 0 spiro atoms. The lowest BCUT2D eigenvalue weighted by Gasteiger charge is -2.26. The first-order valence-electron chi connectivity index (χ1n) is 11.5. The molecule has 0 saturated carbocycles. The molecule has 3 aromatic heterocycles. The van der Waals surface area contributed by atoms with E-state index in [4.69, 9.17) is 14.7 Å². The molecule has 1 fully saturated rings. The van der Waals surface area contributed by atoms with Crippen molar-refractivity contribution in [2.45, 2.75) is 46.6 Å². The SMILES string of the molecule is C=C(C)/C(=C\C)C1CCc2nc3ccc(-c4cnc(N5CCOCC5)nc4)nc3n21.CC. The summed E-state index contributed by atoms with van der Waals surface area (Å²) in [5.41, 5.74) is 5.98. The number of anilines is 1. The molecule has 3 aromatic rings. The maximum Gasteiger partial charge on any atom is 0.225 e. The molecule has 7 nitrogen and oxygen atoms in total. The molecule has 5 heterocycles. The van der Waals surface area contributed by atoms with Crippen LogP contribution < -0.4 is 4.90 Å². The first-order chi connectivity index (χ1) is 15.7. The van der Waals surface area contributed by atoms with Crippen LogP contribution in [0.1, 0.15) is 46.0 Å². The Bertz CT molecular complexity index is 1130. The molecule has 0 aromatic carbocycles. The molecule has 1 unspecified atom stereocenters. The third-order valence-corrected chi connectivity index (χ3v) is 5.95. The summed E-state index contributed by atoms with van der Waals surface area (Å²) < 4.78 is 7.69. The van der Waals surface area contributed by atoms with E-state index < -0.39 is 0 Å². The van der Waals surface area contributed by atoms with Crippen LogP contribution in [0.3, 0.4) is 0 Å². The quantitative estimate of drug-likeness (QED) is 0.554. The molecule has 0 aliphatic carbocycles. The Morgan fingerprint density at radius 2 is 1.84 bits per heavy atom. The Morgan fingerprint density at radius 1 is 1.12 bits per heavy atom. The van der Waals surface area contributed by atoms with Crippen molar-refractivity contribution in [2.24, 2.45) is 0 Å². The summed E-state index contributed by atoms with van der Waals surface area (Å²) in [7, 11) is 0. The van der Waals surface area contributed by atoms with Gasteiger partial charge in [0.2, 0.25) is 5.95 Å². The van der Waals surface area contributed by atoms with Crippen molar-refractivity contribution >= 4 is 17.1 Å². The lowest BCUT2D eigenvalue weighted by atomic mass is 9.98. The molecular formula is C25H32N6O. The van der Waals surface area contributed by atoms with Crippen LogP contribution in [-0.2, 0) is 11.2 Å². The molecule has 0 N–H and O–H groups in total. The molecule has 1 atom stereocenters. The van der Waals surface area contributed by atoms with Crippen LogP contribution in [0.4, 0.5) is 5.95 Å². The summed E-state index contributed by atoms with van der Waals surface area (Å²) in [6.45, 7) is 15.4. The summed E-state index contributed by atoms with van der Waals surface area (Å²) in [6.07, 6.45) is 7.87. The highest BCUT2D eigenvalue weighted by Crippen LogP contribution is 2.37. The van der Waals surface area contributed by atoms with Gasteiger partial charge in [0.05, 0.1) is 24.9 Å². The predicted molar refractivity (Wildman–Crippen MR) is 129 cm³/mol. The maximum absolute atomic E-state index is 5.41. The third kappa shape index (κ3) is 4.05. The van der Waals surface area contributed by atoms with E-state index in [1.807, 2.05) is 38.4 Å². The fraction of sp³-hybridized carbons (Fsp3) is 0.440. The number of pyridine rings is 1. The van der Waals surface area contributed by atoms with E-state index in [1.54, 1.807) is 0 Å². The van der Waals surface area contributed by atoms with Gasteiger partial charge in [0.15, 0.2) is 5.65 Å². The monoisotopic (exact) mass is 432 g/mol. The summed E-state index contributed by atoms with van der Waals surface area (Å²) in [4.78, 5) is 21.1. The van der Waals surface area contributed by atoms with Crippen molar-refractivity contribution in [3.05, 3.63) is 54.2 Å². The van der Waals surface area contributed by atoms with Crippen molar-refractivity contribution in [3.8, 4) is 11.3 Å². The van der Waals surface area contributed by atoms with E-state index in [9.17, 15) is 0 Å². The second kappa shape index (κ2) is 9.61. The molecule has 5 rings (SSSR count). The summed E-state index contributed by atoms with van der Waals surface area (Å²) in [5, 5.41) is 0. The Kier molecular flexibility index (Phi) is 6.65. The third-order valence-electron chi connectivity index (χ3n) is 5.95. The minimum atomic E-state index is 0.246. The number of imidazole rings is 1. The Hall–Kier alpha value is -3.06. The summed E-state index contributed by atoms with van der Waals surface area (Å²) >= 11 is 0. The van der Waals surface area contributed by atoms with Gasteiger partial charge in [-0.3, -0.25) is 0 Å². The van der Waals surface area contributed by atoms with Crippen molar-refractivity contribution < 1.29 is 4.74 Å². The lowest BCUT2D eigenvalue weighted by Crippen LogP contribution is -2.37. The highest BCUT2D eigenvalue weighted by atomic mass is 16.5. The van der Waals surface area contributed by atoms with Gasteiger partial charge in [-0.25, -0.2) is 19.9 Å². The number of hydrogen-bond acceptors (Lipinski definition) is 6. The number of aryl methyl sites for hydroxylation is 1. The second-order valence-electron chi connectivity index (χ2n) is 7.89. The van der Waals surface area contributed by atoms with E-state index in [2.05, 4.69) is 45.9 Å². The van der Waals surface area contributed by atoms with E-state index in [-0.39, 0.29) is 6.04 Å². The maximum atomic E-state index is 5.41. The largest absolute Gasteiger partial charge is 0.378 e. The summed E-state index contributed by atoms with van der Waals surface area (Å²) in [6, 6.07) is 4.30. The van der Waals surface area contributed by atoms with Crippen LogP contribution >= 0.6 is 0 Å². The Balaban J connectivity index is 0.00000119. The lowest BCUT2D eigenvalue weighted by molar-refractivity contribution is 0.122. The van der Waals surface area contributed by atoms with Crippen molar-refractivity contribution in [1.29, 1.82) is 0 Å². The average Bonchev–Trinajstić information content (AvgIpc) is 3.41. The topological polar surface area (TPSA) is 69.0 Å². The first-order valence-corrected chi connectivity index (χ1v) is 11.5. The number of hydrogen-bond donors (Lipinski definition) is 0. The van der Waals surface area contributed by atoms with Crippen molar-refractivity contribution in [3.63, 3.8) is 0 Å². The molecule has 0 radical (unpaired) electrons. The van der Waals surface area contributed by atoms with E-state index in [0.717, 1.165) is 78.9 Å². The smallest absolute Gasteiger partial charge is 0.225 e. The number of morpholine rings is 1. The van der Waals surface area contributed by atoms with Gasteiger partial charge in [0.1, 0.15) is 11.3 Å². The van der Waals surface area contributed by atoms with Crippen LogP contribution in [0.5, 0.6) is 0 Å². The average molecular weight is 433 g/mol. The van der Waals surface area contributed by atoms with Gasteiger partial charge in [-0.15, -0.1) is 0 Å². The van der Waals surface area contributed by atoms with Crippen molar-refractivity contribution in [2.75, 3.05) is 31.2 Å². The predicted octanol–water partition coefficient (Wildman–Crippen LogP) is 4.76. The molecule has 2 aliphatic heterocycles. The first kappa shape index (κ1) is 22.1. The minimum Gasteiger partial charge on any atom is -0.378 e. The zero-order valence-electron chi connectivity index (χ0n) is 19.5. The van der Waals surface area contributed by atoms with E-state index in [1.165, 1.54) is 5.57 Å². The molecule has 0 bridgehead atoms. The number of allylic oxidation sites excluding steroid dienone is 3. The van der Waals surface area contributed by atoms with Gasteiger partial charge in [-0.05, 0) is 38.0 Å².